The minimum Gasteiger partial charge on any atom is -0.394 e. The fraction of sp³-hybridized carbons (Fsp3) is 0.714. The summed E-state index contributed by atoms with van der Waals surface area (Å²) in [7, 11) is 0. The average molecular weight is 281 g/mol. The molecule has 0 radical (unpaired) electrons. The monoisotopic (exact) mass is 281 g/mol. The first kappa shape index (κ1) is 14.8. The lowest BCUT2D eigenvalue weighted by atomic mass is 9.99. The Balaban J connectivity index is 1.85. The van der Waals surface area contributed by atoms with Crippen LogP contribution in [0.4, 0.5) is 0 Å². The molecular weight excluding hydrogens is 258 g/mol. The molecule has 106 valence electrons. The zero-order chi connectivity index (χ0) is 13.6. The average Bonchev–Trinajstić information content (AvgIpc) is 2.93. The Morgan fingerprint density at radius 1 is 1.32 bits per heavy atom. The van der Waals surface area contributed by atoms with Crippen LogP contribution in [0.1, 0.15) is 44.6 Å². The maximum atomic E-state index is 9.54. The van der Waals surface area contributed by atoms with Crippen molar-refractivity contribution in [3.8, 4) is 0 Å². The predicted octanol–water partition coefficient (Wildman–Crippen LogP) is 2.37. The summed E-state index contributed by atoms with van der Waals surface area (Å²) in [6.07, 6.45) is 9.45. The van der Waals surface area contributed by atoms with Gasteiger partial charge < -0.3 is 10.4 Å². The summed E-state index contributed by atoms with van der Waals surface area (Å²) in [5, 5.41) is 13.9. The summed E-state index contributed by atoms with van der Waals surface area (Å²) < 4.78 is 0. The first-order valence-corrected chi connectivity index (χ1v) is 8.06. The maximum absolute atomic E-state index is 9.54. The van der Waals surface area contributed by atoms with Gasteiger partial charge in [0.25, 0.3) is 0 Å². The summed E-state index contributed by atoms with van der Waals surface area (Å²) in [6, 6.07) is 0. The highest BCUT2D eigenvalue weighted by atomic mass is 32.2. The minimum absolute atomic E-state index is 0.0738. The fourth-order valence-corrected chi connectivity index (χ4v) is 3.08. The molecule has 0 saturated heterocycles. The van der Waals surface area contributed by atoms with Crippen molar-refractivity contribution in [3.05, 3.63) is 18.0 Å². The van der Waals surface area contributed by atoms with Crippen LogP contribution in [0.2, 0.25) is 0 Å². The normalized spacial score (nSPS) is 17.8. The number of nitrogens with zero attached hydrogens (tertiary/aromatic N) is 2. The van der Waals surface area contributed by atoms with Crippen LogP contribution < -0.4 is 5.32 Å². The Morgan fingerprint density at radius 3 is 2.58 bits per heavy atom. The van der Waals surface area contributed by atoms with E-state index in [1.54, 1.807) is 11.8 Å². The largest absolute Gasteiger partial charge is 0.394 e. The summed E-state index contributed by atoms with van der Waals surface area (Å²) in [4.78, 5) is 8.72. The number of aromatic nitrogens is 2. The number of hydrogen-bond donors (Lipinski definition) is 2. The van der Waals surface area contributed by atoms with Gasteiger partial charge in [-0.3, -0.25) is 0 Å². The van der Waals surface area contributed by atoms with Gasteiger partial charge in [0.1, 0.15) is 0 Å². The van der Waals surface area contributed by atoms with Crippen molar-refractivity contribution in [2.24, 2.45) is 0 Å². The molecule has 4 nitrogen and oxygen atoms in total. The van der Waals surface area contributed by atoms with Crippen molar-refractivity contribution < 1.29 is 5.11 Å². The van der Waals surface area contributed by atoms with Crippen LogP contribution in [-0.4, -0.2) is 33.0 Å². The van der Waals surface area contributed by atoms with Gasteiger partial charge in [-0.1, -0.05) is 31.5 Å². The zero-order valence-corrected chi connectivity index (χ0v) is 12.4. The summed E-state index contributed by atoms with van der Waals surface area (Å²) in [6.45, 7) is 3.11. The van der Waals surface area contributed by atoms with Crippen LogP contribution in [0.5, 0.6) is 0 Å². The van der Waals surface area contributed by atoms with E-state index in [1.807, 2.05) is 12.4 Å². The first-order valence-electron chi connectivity index (χ1n) is 7.07. The predicted molar refractivity (Wildman–Crippen MR) is 78.2 cm³/mol. The molecule has 0 atom stereocenters. The molecule has 2 rings (SSSR count). The molecule has 1 aliphatic rings. The van der Waals surface area contributed by atoms with Gasteiger partial charge in [-0.05, 0) is 19.3 Å². The standard InChI is InChI=1S/C14H23N3OS/c1-2-7-19-13-15-8-12(9-16-13)10-17-14(11-18)5-3-4-6-14/h8-9,17-18H,2-7,10-11H2,1H3. The highest BCUT2D eigenvalue weighted by Gasteiger charge is 2.32. The third-order valence-corrected chi connectivity index (χ3v) is 4.73. The first-order chi connectivity index (χ1) is 9.28. The van der Waals surface area contributed by atoms with Crippen molar-refractivity contribution in [2.45, 2.75) is 56.3 Å². The molecule has 0 amide bonds. The second-order valence-electron chi connectivity index (χ2n) is 5.22. The van der Waals surface area contributed by atoms with E-state index in [2.05, 4.69) is 22.2 Å². The lowest BCUT2D eigenvalue weighted by Crippen LogP contribution is -2.45. The second-order valence-corrected chi connectivity index (χ2v) is 6.28. The Labute approximate surface area is 119 Å². The van der Waals surface area contributed by atoms with Crippen LogP contribution in [0, 0.1) is 0 Å². The van der Waals surface area contributed by atoms with Crippen LogP contribution in [-0.2, 0) is 6.54 Å². The van der Waals surface area contributed by atoms with Crippen molar-refractivity contribution >= 4 is 11.8 Å². The van der Waals surface area contributed by atoms with Crippen LogP contribution in [0.3, 0.4) is 0 Å². The third-order valence-electron chi connectivity index (χ3n) is 3.65. The Kier molecular flexibility index (Phi) is 5.60. The highest BCUT2D eigenvalue weighted by Crippen LogP contribution is 2.29. The minimum atomic E-state index is -0.0738. The van der Waals surface area contributed by atoms with E-state index in [0.717, 1.165) is 42.3 Å². The van der Waals surface area contributed by atoms with Crippen LogP contribution in [0.25, 0.3) is 0 Å². The third kappa shape index (κ3) is 4.16. The quantitative estimate of drug-likeness (QED) is 0.593. The lowest BCUT2D eigenvalue weighted by Gasteiger charge is -2.28. The molecule has 5 heteroatoms. The van der Waals surface area contributed by atoms with Gasteiger partial charge >= 0.3 is 0 Å². The molecule has 1 aliphatic carbocycles. The lowest BCUT2D eigenvalue weighted by molar-refractivity contribution is 0.163. The topological polar surface area (TPSA) is 58.0 Å². The van der Waals surface area contributed by atoms with Crippen LogP contribution >= 0.6 is 11.8 Å². The van der Waals surface area contributed by atoms with Gasteiger partial charge in [-0.2, -0.15) is 0 Å². The molecule has 1 aromatic rings. The molecule has 0 aromatic carbocycles. The number of nitrogens with one attached hydrogen (secondary N) is 1. The van der Waals surface area contributed by atoms with E-state index in [9.17, 15) is 5.11 Å². The van der Waals surface area contributed by atoms with Gasteiger partial charge in [0.05, 0.1) is 6.61 Å². The summed E-state index contributed by atoms with van der Waals surface area (Å²) in [5.41, 5.74) is 1.01. The van der Waals surface area contributed by atoms with Crippen molar-refractivity contribution in [3.63, 3.8) is 0 Å². The van der Waals surface area contributed by atoms with Gasteiger partial charge in [-0.25, -0.2) is 9.97 Å². The molecule has 19 heavy (non-hydrogen) atoms. The van der Waals surface area contributed by atoms with Crippen LogP contribution in [0.15, 0.2) is 17.6 Å². The van der Waals surface area contributed by atoms with E-state index in [4.69, 9.17) is 0 Å². The molecule has 1 saturated carbocycles. The number of thioether (sulfide) groups is 1. The molecule has 0 spiro atoms. The zero-order valence-electron chi connectivity index (χ0n) is 11.6. The molecule has 1 aromatic heterocycles. The smallest absolute Gasteiger partial charge is 0.187 e. The maximum Gasteiger partial charge on any atom is 0.187 e. The fourth-order valence-electron chi connectivity index (χ4n) is 2.43. The van der Waals surface area contributed by atoms with E-state index in [0.29, 0.717) is 0 Å². The van der Waals surface area contributed by atoms with E-state index in [-0.39, 0.29) is 12.1 Å². The highest BCUT2D eigenvalue weighted by molar-refractivity contribution is 7.99. The number of hydrogen-bond acceptors (Lipinski definition) is 5. The number of aliphatic hydroxyl groups is 1. The van der Waals surface area contributed by atoms with E-state index in [1.165, 1.54) is 12.8 Å². The van der Waals surface area contributed by atoms with E-state index < -0.39 is 0 Å². The van der Waals surface area contributed by atoms with Crippen molar-refractivity contribution in [1.82, 2.24) is 15.3 Å². The van der Waals surface area contributed by atoms with Gasteiger partial charge in [0.15, 0.2) is 5.16 Å². The molecule has 1 fully saturated rings. The van der Waals surface area contributed by atoms with Gasteiger partial charge in [0, 0.05) is 35.8 Å². The summed E-state index contributed by atoms with van der Waals surface area (Å²) >= 11 is 1.69. The SMILES string of the molecule is CCCSc1ncc(CNC2(CO)CCCC2)cn1. The summed E-state index contributed by atoms with van der Waals surface area (Å²) in [5.74, 6) is 1.06. The molecule has 2 N–H and O–H groups in total. The molecule has 0 aliphatic heterocycles. The molecular formula is C14H23N3OS. The Bertz CT molecular complexity index is 377. The Morgan fingerprint density at radius 2 is 2.00 bits per heavy atom. The molecule has 0 bridgehead atoms. The van der Waals surface area contributed by atoms with Gasteiger partial charge in [-0.15, -0.1) is 0 Å². The molecule has 0 unspecified atom stereocenters. The number of aliphatic hydroxyl groups excluding tert-OH is 1. The Hall–Kier alpha value is -0.650. The van der Waals surface area contributed by atoms with Crippen molar-refractivity contribution in [2.75, 3.05) is 12.4 Å². The van der Waals surface area contributed by atoms with Crippen molar-refractivity contribution in [1.29, 1.82) is 0 Å². The number of rotatable bonds is 7. The molecule has 1 heterocycles. The van der Waals surface area contributed by atoms with Gasteiger partial charge in [0.2, 0.25) is 0 Å². The van der Waals surface area contributed by atoms with E-state index >= 15 is 0 Å². The second kappa shape index (κ2) is 7.22.